The number of hydrogen-bond donors (Lipinski definition) is 1. The van der Waals surface area contributed by atoms with Gasteiger partial charge in [0.1, 0.15) is 0 Å². The van der Waals surface area contributed by atoms with Crippen LogP contribution in [0.5, 0.6) is 0 Å². The molecular weight excluding hydrogens is 358 g/mol. The fourth-order valence-corrected chi connectivity index (χ4v) is 3.67. The van der Waals surface area contributed by atoms with E-state index >= 15 is 0 Å². The van der Waals surface area contributed by atoms with Gasteiger partial charge < -0.3 is 10.2 Å². The number of nitrogens with zero attached hydrogens (tertiary/aromatic N) is 2. The fraction of sp³-hybridized carbons (Fsp3) is 0.409. The Morgan fingerprint density at radius 2 is 1.85 bits per heavy atom. The molecule has 5 heteroatoms. The smallest absolute Gasteiger partial charge is 0.238 e. The number of amides is 1. The van der Waals surface area contributed by atoms with Gasteiger partial charge in [-0.15, -0.1) is 0 Å². The Hall–Kier alpha value is -2.04. The maximum absolute atomic E-state index is 12.6. The van der Waals surface area contributed by atoms with E-state index in [4.69, 9.17) is 11.6 Å². The van der Waals surface area contributed by atoms with E-state index in [0.29, 0.717) is 12.5 Å². The van der Waals surface area contributed by atoms with E-state index in [9.17, 15) is 4.79 Å². The standard InChI is InChI=1S/C22H28ClN3O/c1-3-17(2)20-9-4-5-10-21(20)24-22(27)16-25-11-13-26(14-12-25)19-8-6-7-18(23)15-19/h4-10,15,17H,3,11-14,16H2,1-2H3,(H,24,27)/t17-/m0/s1. The fourth-order valence-electron chi connectivity index (χ4n) is 3.49. The highest BCUT2D eigenvalue weighted by Gasteiger charge is 2.20. The number of carbonyl (C=O) groups excluding carboxylic acids is 1. The molecule has 0 saturated carbocycles. The number of nitrogens with one attached hydrogen (secondary N) is 1. The number of anilines is 2. The number of benzene rings is 2. The zero-order chi connectivity index (χ0) is 19.2. The lowest BCUT2D eigenvalue weighted by Gasteiger charge is -2.35. The number of para-hydroxylation sites is 1. The van der Waals surface area contributed by atoms with Gasteiger partial charge >= 0.3 is 0 Å². The first-order valence-electron chi connectivity index (χ1n) is 9.68. The molecule has 4 nitrogen and oxygen atoms in total. The minimum Gasteiger partial charge on any atom is -0.369 e. The molecule has 1 saturated heterocycles. The average molecular weight is 386 g/mol. The highest BCUT2D eigenvalue weighted by molar-refractivity contribution is 6.30. The van der Waals surface area contributed by atoms with Gasteiger partial charge in [-0.3, -0.25) is 9.69 Å². The first-order valence-corrected chi connectivity index (χ1v) is 10.1. The quantitative estimate of drug-likeness (QED) is 0.788. The van der Waals surface area contributed by atoms with Gasteiger partial charge in [0.25, 0.3) is 0 Å². The lowest BCUT2D eigenvalue weighted by atomic mass is 9.97. The third-order valence-electron chi connectivity index (χ3n) is 5.29. The van der Waals surface area contributed by atoms with Gasteiger partial charge in [-0.2, -0.15) is 0 Å². The molecule has 1 aliphatic rings. The van der Waals surface area contributed by atoms with Crippen LogP contribution in [0.4, 0.5) is 11.4 Å². The Morgan fingerprint density at radius 3 is 2.56 bits per heavy atom. The van der Waals surface area contributed by atoms with Crippen LogP contribution < -0.4 is 10.2 Å². The molecule has 0 unspecified atom stereocenters. The molecule has 1 heterocycles. The van der Waals surface area contributed by atoms with Crippen LogP contribution in [0.25, 0.3) is 0 Å². The van der Waals surface area contributed by atoms with E-state index < -0.39 is 0 Å². The Bertz CT molecular complexity index is 772. The summed E-state index contributed by atoms with van der Waals surface area (Å²) in [6.07, 6.45) is 1.05. The highest BCUT2D eigenvalue weighted by atomic mass is 35.5. The number of hydrogen-bond acceptors (Lipinski definition) is 3. The first kappa shape index (κ1) is 19.7. The van der Waals surface area contributed by atoms with Gasteiger partial charge in [0.15, 0.2) is 0 Å². The minimum atomic E-state index is 0.0574. The molecule has 27 heavy (non-hydrogen) atoms. The number of rotatable bonds is 6. The molecule has 1 aliphatic heterocycles. The normalized spacial score (nSPS) is 16.2. The molecule has 3 rings (SSSR count). The topological polar surface area (TPSA) is 35.6 Å². The van der Waals surface area contributed by atoms with Gasteiger partial charge in [0.2, 0.25) is 5.91 Å². The number of carbonyl (C=O) groups is 1. The van der Waals surface area contributed by atoms with Crippen LogP contribution in [-0.2, 0) is 4.79 Å². The molecule has 1 amide bonds. The average Bonchev–Trinajstić information content (AvgIpc) is 2.68. The van der Waals surface area contributed by atoms with Crippen LogP contribution in [0.1, 0.15) is 31.7 Å². The summed E-state index contributed by atoms with van der Waals surface area (Å²) in [5.74, 6) is 0.490. The second-order valence-electron chi connectivity index (χ2n) is 7.19. The van der Waals surface area contributed by atoms with E-state index in [1.54, 1.807) is 0 Å². The van der Waals surface area contributed by atoms with E-state index in [2.05, 4.69) is 41.1 Å². The summed E-state index contributed by atoms with van der Waals surface area (Å²) in [4.78, 5) is 17.1. The van der Waals surface area contributed by atoms with Crippen molar-refractivity contribution < 1.29 is 4.79 Å². The third-order valence-corrected chi connectivity index (χ3v) is 5.53. The zero-order valence-corrected chi connectivity index (χ0v) is 16.9. The molecule has 2 aromatic carbocycles. The predicted octanol–water partition coefficient (Wildman–Crippen LogP) is 4.61. The van der Waals surface area contributed by atoms with Crippen LogP contribution in [0.15, 0.2) is 48.5 Å². The molecule has 0 bridgehead atoms. The molecule has 1 N–H and O–H groups in total. The van der Waals surface area contributed by atoms with Gasteiger partial charge in [0, 0.05) is 42.6 Å². The molecule has 2 aromatic rings. The molecule has 0 radical (unpaired) electrons. The first-order chi connectivity index (χ1) is 13.1. The van der Waals surface area contributed by atoms with Gasteiger partial charge in [0.05, 0.1) is 6.54 Å². The van der Waals surface area contributed by atoms with Gasteiger partial charge in [-0.25, -0.2) is 0 Å². The van der Waals surface area contributed by atoms with E-state index in [1.807, 2.05) is 36.4 Å². The zero-order valence-electron chi connectivity index (χ0n) is 16.1. The molecule has 0 aromatic heterocycles. The van der Waals surface area contributed by atoms with Crippen molar-refractivity contribution in [2.24, 2.45) is 0 Å². The van der Waals surface area contributed by atoms with Crippen molar-refractivity contribution >= 4 is 28.9 Å². The second-order valence-corrected chi connectivity index (χ2v) is 7.62. The lowest BCUT2D eigenvalue weighted by Crippen LogP contribution is -2.48. The summed E-state index contributed by atoms with van der Waals surface area (Å²) in [6, 6.07) is 16.1. The van der Waals surface area contributed by atoms with E-state index in [0.717, 1.165) is 49.0 Å². The van der Waals surface area contributed by atoms with Crippen molar-refractivity contribution in [3.63, 3.8) is 0 Å². The molecule has 0 spiro atoms. The Morgan fingerprint density at radius 1 is 1.11 bits per heavy atom. The molecule has 1 fully saturated rings. The maximum atomic E-state index is 12.6. The predicted molar refractivity (Wildman–Crippen MR) is 114 cm³/mol. The SMILES string of the molecule is CC[C@H](C)c1ccccc1NC(=O)CN1CCN(c2cccc(Cl)c2)CC1. The highest BCUT2D eigenvalue weighted by Crippen LogP contribution is 2.26. The number of halogens is 1. The van der Waals surface area contributed by atoms with Crippen molar-refractivity contribution in [1.29, 1.82) is 0 Å². The van der Waals surface area contributed by atoms with Crippen molar-refractivity contribution in [3.8, 4) is 0 Å². The van der Waals surface area contributed by atoms with Crippen molar-refractivity contribution in [3.05, 3.63) is 59.1 Å². The minimum absolute atomic E-state index is 0.0574. The summed E-state index contributed by atoms with van der Waals surface area (Å²) in [5.41, 5.74) is 3.29. The summed E-state index contributed by atoms with van der Waals surface area (Å²) >= 11 is 6.09. The van der Waals surface area contributed by atoms with Crippen LogP contribution in [0, 0.1) is 0 Å². The molecule has 1 atom stereocenters. The Labute approximate surface area is 167 Å². The van der Waals surface area contributed by atoms with Crippen LogP contribution in [-0.4, -0.2) is 43.5 Å². The monoisotopic (exact) mass is 385 g/mol. The molecular formula is C22H28ClN3O. The van der Waals surface area contributed by atoms with Crippen LogP contribution in [0.2, 0.25) is 5.02 Å². The third kappa shape index (κ3) is 5.24. The van der Waals surface area contributed by atoms with Gasteiger partial charge in [-0.05, 0) is 42.2 Å². The van der Waals surface area contributed by atoms with Gasteiger partial charge in [-0.1, -0.05) is 49.7 Å². The van der Waals surface area contributed by atoms with E-state index in [1.165, 1.54) is 5.56 Å². The maximum Gasteiger partial charge on any atom is 0.238 e. The number of piperazine rings is 1. The Kier molecular flexibility index (Phi) is 6.75. The lowest BCUT2D eigenvalue weighted by molar-refractivity contribution is -0.117. The largest absolute Gasteiger partial charge is 0.369 e. The second kappa shape index (κ2) is 9.25. The molecule has 0 aliphatic carbocycles. The molecule has 144 valence electrons. The van der Waals surface area contributed by atoms with Crippen molar-refractivity contribution in [1.82, 2.24) is 4.90 Å². The van der Waals surface area contributed by atoms with Crippen molar-refractivity contribution in [2.45, 2.75) is 26.2 Å². The summed E-state index contributed by atoms with van der Waals surface area (Å²) in [7, 11) is 0. The summed E-state index contributed by atoms with van der Waals surface area (Å²) in [5, 5.41) is 3.87. The Balaban J connectivity index is 1.53. The van der Waals surface area contributed by atoms with Crippen LogP contribution >= 0.6 is 11.6 Å². The van der Waals surface area contributed by atoms with Crippen LogP contribution in [0.3, 0.4) is 0 Å². The van der Waals surface area contributed by atoms with Crippen molar-refractivity contribution in [2.75, 3.05) is 42.9 Å². The van der Waals surface area contributed by atoms with E-state index in [-0.39, 0.29) is 5.91 Å². The summed E-state index contributed by atoms with van der Waals surface area (Å²) in [6.45, 7) is 8.33. The summed E-state index contributed by atoms with van der Waals surface area (Å²) < 4.78 is 0.